The van der Waals surface area contributed by atoms with Crippen molar-refractivity contribution in [2.45, 2.75) is 31.1 Å². The summed E-state index contributed by atoms with van der Waals surface area (Å²) >= 11 is 0. The second-order valence-electron chi connectivity index (χ2n) is 4.92. The van der Waals surface area contributed by atoms with Gasteiger partial charge in [0, 0.05) is 18.2 Å². The van der Waals surface area contributed by atoms with Crippen molar-refractivity contribution >= 4 is 5.52 Å². The molecule has 2 aromatic heterocycles. The van der Waals surface area contributed by atoms with Gasteiger partial charge in [0.15, 0.2) is 0 Å². The summed E-state index contributed by atoms with van der Waals surface area (Å²) < 4.78 is 15.2. The molecule has 1 aliphatic rings. The van der Waals surface area contributed by atoms with Crippen molar-refractivity contribution in [3.8, 4) is 0 Å². The van der Waals surface area contributed by atoms with Crippen LogP contribution in [0.4, 0.5) is 4.39 Å². The molecule has 90 valence electrons. The molecule has 2 aromatic rings. The molecule has 1 fully saturated rings. The van der Waals surface area contributed by atoms with Crippen LogP contribution in [0.3, 0.4) is 0 Å². The zero-order valence-electron chi connectivity index (χ0n) is 9.69. The van der Waals surface area contributed by atoms with Crippen molar-refractivity contribution in [3.63, 3.8) is 0 Å². The monoisotopic (exact) mass is 233 g/mol. The van der Waals surface area contributed by atoms with Crippen molar-refractivity contribution in [1.82, 2.24) is 9.38 Å². The summed E-state index contributed by atoms with van der Waals surface area (Å²) in [5.41, 5.74) is 6.82. The van der Waals surface area contributed by atoms with Gasteiger partial charge in [-0.25, -0.2) is 9.37 Å². The Labute approximate surface area is 99.5 Å². The summed E-state index contributed by atoms with van der Waals surface area (Å²) in [6.07, 6.45) is 7.78. The highest BCUT2D eigenvalue weighted by atomic mass is 19.1. The fourth-order valence-corrected chi connectivity index (χ4v) is 2.93. The van der Waals surface area contributed by atoms with E-state index in [-0.39, 0.29) is 11.2 Å². The van der Waals surface area contributed by atoms with Gasteiger partial charge in [-0.15, -0.1) is 0 Å². The average Bonchev–Trinajstić information content (AvgIpc) is 2.94. The lowest BCUT2D eigenvalue weighted by molar-refractivity contribution is 0.422. The van der Waals surface area contributed by atoms with Gasteiger partial charge < -0.3 is 10.1 Å². The van der Waals surface area contributed by atoms with Crippen LogP contribution in [-0.4, -0.2) is 15.9 Å². The van der Waals surface area contributed by atoms with E-state index in [1.165, 1.54) is 25.1 Å². The number of nitrogens with two attached hydrogens (primary N) is 1. The van der Waals surface area contributed by atoms with Crippen molar-refractivity contribution < 1.29 is 4.39 Å². The highest BCUT2D eigenvalue weighted by Crippen LogP contribution is 2.39. The molecule has 0 atom stereocenters. The van der Waals surface area contributed by atoms with Crippen LogP contribution < -0.4 is 5.73 Å². The van der Waals surface area contributed by atoms with Crippen molar-refractivity contribution in [2.75, 3.05) is 6.54 Å². The minimum atomic E-state index is -0.234. The molecule has 0 radical (unpaired) electrons. The van der Waals surface area contributed by atoms with Crippen molar-refractivity contribution in [2.24, 2.45) is 5.73 Å². The summed E-state index contributed by atoms with van der Waals surface area (Å²) in [6, 6.07) is 3.22. The van der Waals surface area contributed by atoms with Gasteiger partial charge in [-0.1, -0.05) is 12.8 Å². The highest BCUT2D eigenvalue weighted by molar-refractivity contribution is 5.47. The Balaban J connectivity index is 2.19. The number of hydrogen-bond acceptors (Lipinski definition) is 2. The first kappa shape index (κ1) is 10.7. The number of fused-ring (bicyclic) bond motifs is 1. The molecule has 0 saturated heterocycles. The number of halogens is 1. The summed E-state index contributed by atoms with van der Waals surface area (Å²) in [6.45, 7) is 0.586. The molecule has 3 nitrogen and oxygen atoms in total. The molecule has 0 aliphatic heterocycles. The zero-order valence-corrected chi connectivity index (χ0v) is 9.69. The Bertz CT molecular complexity index is 541. The number of hydrogen-bond donors (Lipinski definition) is 1. The van der Waals surface area contributed by atoms with E-state index in [1.54, 1.807) is 12.3 Å². The van der Waals surface area contributed by atoms with Crippen LogP contribution in [0, 0.1) is 5.82 Å². The fraction of sp³-hybridized carbons (Fsp3) is 0.462. The lowest BCUT2D eigenvalue weighted by atomic mass is 9.85. The Kier molecular flexibility index (Phi) is 2.40. The summed E-state index contributed by atoms with van der Waals surface area (Å²) in [5.74, 6) is 0.689. The van der Waals surface area contributed by atoms with E-state index in [1.807, 2.05) is 4.40 Å². The van der Waals surface area contributed by atoms with Crippen LogP contribution in [0.2, 0.25) is 0 Å². The second kappa shape index (κ2) is 3.81. The van der Waals surface area contributed by atoms with Gasteiger partial charge in [-0.2, -0.15) is 0 Å². The lowest BCUT2D eigenvalue weighted by Crippen LogP contribution is -2.34. The topological polar surface area (TPSA) is 43.3 Å². The Morgan fingerprint density at radius 3 is 2.82 bits per heavy atom. The quantitative estimate of drug-likeness (QED) is 0.864. The molecule has 2 N–H and O–H groups in total. The first-order valence-electron chi connectivity index (χ1n) is 6.08. The van der Waals surface area contributed by atoms with Crippen LogP contribution in [0.1, 0.15) is 31.5 Å². The van der Waals surface area contributed by atoms with E-state index < -0.39 is 0 Å². The highest BCUT2D eigenvalue weighted by Gasteiger charge is 2.37. The minimum absolute atomic E-state index is 0.0553. The van der Waals surface area contributed by atoms with E-state index in [0.29, 0.717) is 6.54 Å². The van der Waals surface area contributed by atoms with Gasteiger partial charge in [0.05, 0.1) is 11.7 Å². The van der Waals surface area contributed by atoms with Crippen molar-refractivity contribution in [3.05, 3.63) is 36.2 Å². The number of nitrogens with zero attached hydrogens (tertiary/aromatic N) is 2. The number of pyridine rings is 1. The van der Waals surface area contributed by atoms with Crippen LogP contribution in [0.25, 0.3) is 5.52 Å². The smallest absolute Gasteiger partial charge is 0.139 e. The fourth-order valence-electron chi connectivity index (χ4n) is 2.93. The first-order valence-corrected chi connectivity index (χ1v) is 6.08. The normalized spacial score (nSPS) is 18.9. The maximum atomic E-state index is 13.3. The van der Waals surface area contributed by atoms with Gasteiger partial charge >= 0.3 is 0 Å². The zero-order chi connectivity index (χ0) is 11.9. The molecule has 0 unspecified atom stereocenters. The molecule has 2 heterocycles. The maximum Gasteiger partial charge on any atom is 0.139 e. The standard InChI is InChI=1S/C13H16FN3/c14-10-3-4-11-7-16-12(17(11)8-10)13(9-15)5-1-2-6-13/h3-4,7-8H,1-2,5-6,9,15H2. The molecule has 1 aliphatic carbocycles. The van der Waals surface area contributed by atoms with E-state index in [4.69, 9.17) is 5.73 Å². The van der Waals surface area contributed by atoms with E-state index in [2.05, 4.69) is 4.98 Å². The first-order chi connectivity index (χ1) is 8.25. The Hall–Kier alpha value is -1.42. The van der Waals surface area contributed by atoms with Crippen molar-refractivity contribution in [1.29, 1.82) is 0 Å². The third-order valence-electron chi connectivity index (χ3n) is 3.92. The molecular formula is C13H16FN3. The summed E-state index contributed by atoms with van der Waals surface area (Å²) in [4.78, 5) is 4.48. The molecule has 1 saturated carbocycles. The van der Waals surface area contributed by atoms with E-state index in [9.17, 15) is 4.39 Å². The molecule has 0 aromatic carbocycles. The minimum Gasteiger partial charge on any atom is -0.329 e. The number of aromatic nitrogens is 2. The van der Waals surface area contributed by atoms with Crippen LogP contribution in [-0.2, 0) is 5.41 Å². The summed E-state index contributed by atoms with van der Waals surface area (Å²) in [7, 11) is 0. The van der Waals surface area contributed by atoms with Crippen LogP contribution in [0.5, 0.6) is 0 Å². The predicted octanol–water partition coefficient (Wildman–Crippen LogP) is 2.24. The van der Waals surface area contributed by atoms with Gasteiger partial charge in [-0.3, -0.25) is 0 Å². The van der Waals surface area contributed by atoms with E-state index >= 15 is 0 Å². The van der Waals surface area contributed by atoms with Gasteiger partial charge in [0.2, 0.25) is 0 Å². The lowest BCUT2D eigenvalue weighted by Gasteiger charge is -2.25. The molecule has 0 bridgehead atoms. The maximum absolute atomic E-state index is 13.3. The van der Waals surface area contributed by atoms with Gasteiger partial charge in [0.25, 0.3) is 0 Å². The second-order valence-corrected chi connectivity index (χ2v) is 4.92. The SMILES string of the molecule is NCC1(c2ncc3ccc(F)cn23)CCCC1. The molecule has 17 heavy (non-hydrogen) atoms. The molecule has 3 rings (SSSR count). The molecule has 0 spiro atoms. The number of imidazole rings is 1. The molecular weight excluding hydrogens is 217 g/mol. The van der Waals surface area contributed by atoms with Crippen LogP contribution >= 0.6 is 0 Å². The summed E-state index contributed by atoms with van der Waals surface area (Å²) in [5, 5.41) is 0. The molecule has 0 amide bonds. The Morgan fingerprint density at radius 1 is 1.35 bits per heavy atom. The van der Waals surface area contributed by atoms with E-state index in [0.717, 1.165) is 24.2 Å². The third-order valence-corrected chi connectivity index (χ3v) is 3.92. The number of rotatable bonds is 2. The predicted molar refractivity (Wildman–Crippen MR) is 64.4 cm³/mol. The Morgan fingerprint density at radius 2 is 2.12 bits per heavy atom. The average molecular weight is 233 g/mol. The molecule has 4 heteroatoms. The van der Waals surface area contributed by atoms with Gasteiger partial charge in [0.1, 0.15) is 11.6 Å². The largest absolute Gasteiger partial charge is 0.329 e. The third kappa shape index (κ3) is 1.55. The van der Waals surface area contributed by atoms with Gasteiger partial charge in [-0.05, 0) is 25.0 Å². The van der Waals surface area contributed by atoms with Crippen LogP contribution in [0.15, 0.2) is 24.5 Å².